The molecule has 0 bridgehead atoms. The summed E-state index contributed by atoms with van der Waals surface area (Å²) >= 11 is 0. The number of carbonyl (C=O) groups is 2. The van der Waals surface area contributed by atoms with Gasteiger partial charge < -0.3 is 10.2 Å². The fourth-order valence-corrected chi connectivity index (χ4v) is 4.16. The van der Waals surface area contributed by atoms with E-state index in [1.165, 1.54) is 12.8 Å². The van der Waals surface area contributed by atoms with Crippen molar-refractivity contribution in [2.45, 2.75) is 58.5 Å². The Bertz CT molecular complexity index is 659. The summed E-state index contributed by atoms with van der Waals surface area (Å²) in [5.41, 5.74) is 2.64. The highest BCUT2D eigenvalue weighted by Crippen LogP contribution is 2.23. The van der Waals surface area contributed by atoms with Crippen molar-refractivity contribution < 1.29 is 9.59 Å². The lowest BCUT2D eigenvalue weighted by Gasteiger charge is -2.29. The summed E-state index contributed by atoms with van der Waals surface area (Å²) < 4.78 is 1.84. The molecule has 2 heterocycles. The van der Waals surface area contributed by atoms with Gasteiger partial charge in [0.1, 0.15) is 0 Å². The standard InChI is InChI=1S/C19H31N5O2/c1-4-24(5-2)17(25)13-23-11-10-16-15(12-23)18(21-22(16)3)19(26)20-14-8-6-7-9-14/h14H,4-13H2,1-3H3,(H,20,26). The molecule has 3 rings (SSSR count). The van der Waals surface area contributed by atoms with E-state index in [9.17, 15) is 9.59 Å². The van der Waals surface area contributed by atoms with Crippen molar-refractivity contribution in [1.29, 1.82) is 0 Å². The molecule has 26 heavy (non-hydrogen) atoms. The molecular formula is C19H31N5O2. The summed E-state index contributed by atoms with van der Waals surface area (Å²) in [6.45, 7) is 7.31. The van der Waals surface area contributed by atoms with Crippen LogP contribution in [0, 0.1) is 0 Å². The Morgan fingerprint density at radius 2 is 1.92 bits per heavy atom. The number of rotatable bonds is 6. The summed E-state index contributed by atoms with van der Waals surface area (Å²) in [5, 5.41) is 7.64. The second kappa shape index (κ2) is 8.20. The molecule has 0 radical (unpaired) electrons. The van der Waals surface area contributed by atoms with Crippen LogP contribution in [0.25, 0.3) is 0 Å². The van der Waals surface area contributed by atoms with Crippen molar-refractivity contribution >= 4 is 11.8 Å². The van der Waals surface area contributed by atoms with Crippen LogP contribution in [-0.2, 0) is 24.8 Å². The molecule has 1 aliphatic heterocycles. The number of hydrogen-bond acceptors (Lipinski definition) is 4. The van der Waals surface area contributed by atoms with Crippen molar-refractivity contribution in [3.05, 3.63) is 17.0 Å². The van der Waals surface area contributed by atoms with Crippen LogP contribution in [0.15, 0.2) is 0 Å². The van der Waals surface area contributed by atoms with Crippen LogP contribution >= 0.6 is 0 Å². The first kappa shape index (κ1) is 18.9. The van der Waals surface area contributed by atoms with Gasteiger partial charge in [0.15, 0.2) is 5.69 Å². The summed E-state index contributed by atoms with van der Waals surface area (Å²) in [5.74, 6) is 0.0879. The second-order valence-corrected chi connectivity index (χ2v) is 7.38. The number of carbonyl (C=O) groups excluding carboxylic acids is 2. The molecule has 1 saturated carbocycles. The molecule has 1 fully saturated rings. The molecule has 0 aromatic carbocycles. The minimum Gasteiger partial charge on any atom is -0.348 e. The number of aromatic nitrogens is 2. The van der Waals surface area contributed by atoms with Gasteiger partial charge in [-0.2, -0.15) is 5.10 Å². The van der Waals surface area contributed by atoms with E-state index in [1.807, 2.05) is 30.5 Å². The predicted octanol–water partition coefficient (Wildman–Crippen LogP) is 1.32. The van der Waals surface area contributed by atoms with E-state index in [-0.39, 0.29) is 17.9 Å². The fraction of sp³-hybridized carbons (Fsp3) is 0.737. The lowest BCUT2D eigenvalue weighted by molar-refractivity contribution is -0.132. The highest BCUT2D eigenvalue weighted by Gasteiger charge is 2.29. The lowest BCUT2D eigenvalue weighted by atomic mass is 10.0. The van der Waals surface area contributed by atoms with E-state index < -0.39 is 0 Å². The molecular weight excluding hydrogens is 330 g/mol. The van der Waals surface area contributed by atoms with E-state index in [2.05, 4.69) is 15.3 Å². The van der Waals surface area contributed by atoms with Gasteiger partial charge in [-0.3, -0.25) is 19.2 Å². The summed E-state index contributed by atoms with van der Waals surface area (Å²) in [6.07, 6.45) is 5.32. The van der Waals surface area contributed by atoms with Gasteiger partial charge >= 0.3 is 0 Å². The Morgan fingerprint density at radius 1 is 1.23 bits per heavy atom. The number of fused-ring (bicyclic) bond motifs is 1. The van der Waals surface area contributed by atoms with Gasteiger partial charge in [0.2, 0.25) is 5.91 Å². The maximum Gasteiger partial charge on any atom is 0.272 e. The molecule has 0 unspecified atom stereocenters. The van der Waals surface area contributed by atoms with Crippen molar-refractivity contribution in [3.8, 4) is 0 Å². The zero-order valence-corrected chi connectivity index (χ0v) is 16.3. The first-order valence-electron chi connectivity index (χ1n) is 9.89. The molecule has 144 valence electrons. The normalized spacial score (nSPS) is 18.0. The molecule has 0 spiro atoms. The maximum absolute atomic E-state index is 12.7. The number of amides is 2. The first-order chi connectivity index (χ1) is 12.5. The van der Waals surface area contributed by atoms with Gasteiger partial charge in [-0.25, -0.2) is 0 Å². The van der Waals surface area contributed by atoms with Crippen LogP contribution in [0.2, 0.25) is 0 Å². The van der Waals surface area contributed by atoms with Gasteiger partial charge in [0.05, 0.1) is 6.54 Å². The van der Waals surface area contributed by atoms with Gasteiger partial charge in [-0.05, 0) is 26.7 Å². The molecule has 0 saturated heterocycles. The summed E-state index contributed by atoms with van der Waals surface area (Å²) in [4.78, 5) is 29.1. The van der Waals surface area contributed by atoms with Gasteiger partial charge in [-0.15, -0.1) is 0 Å². The first-order valence-corrected chi connectivity index (χ1v) is 9.89. The van der Waals surface area contributed by atoms with Crippen LogP contribution < -0.4 is 5.32 Å². The van der Waals surface area contributed by atoms with Crippen LogP contribution in [0.5, 0.6) is 0 Å². The Balaban J connectivity index is 1.70. The van der Waals surface area contributed by atoms with Crippen molar-refractivity contribution in [2.75, 3.05) is 26.2 Å². The Labute approximate surface area is 155 Å². The van der Waals surface area contributed by atoms with Gasteiger partial charge in [0.25, 0.3) is 5.91 Å². The van der Waals surface area contributed by atoms with Crippen LogP contribution in [0.3, 0.4) is 0 Å². The fourth-order valence-electron chi connectivity index (χ4n) is 4.16. The third kappa shape index (κ3) is 3.92. The smallest absolute Gasteiger partial charge is 0.272 e. The number of aryl methyl sites for hydroxylation is 1. The highest BCUT2D eigenvalue weighted by atomic mass is 16.2. The van der Waals surface area contributed by atoms with Gasteiger partial charge in [0, 0.05) is 56.9 Å². The molecule has 1 aromatic rings. The Kier molecular flexibility index (Phi) is 5.96. The average Bonchev–Trinajstić information content (AvgIpc) is 3.24. The van der Waals surface area contributed by atoms with Crippen molar-refractivity contribution in [2.24, 2.45) is 7.05 Å². The average molecular weight is 361 g/mol. The maximum atomic E-state index is 12.7. The number of nitrogens with one attached hydrogen (secondary N) is 1. The van der Waals surface area contributed by atoms with Crippen molar-refractivity contribution in [3.63, 3.8) is 0 Å². The van der Waals surface area contributed by atoms with Crippen LogP contribution in [-0.4, -0.2) is 63.6 Å². The third-order valence-corrected chi connectivity index (χ3v) is 5.70. The second-order valence-electron chi connectivity index (χ2n) is 7.38. The van der Waals surface area contributed by atoms with Crippen LogP contribution in [0.1, 0.15) is 61.3 Å². The monoisotopic (exact) mass is 361 g/mol. The zero-order chi connectivity index (χ0) is 18.7. The topological polar surface area (TPSA) is 70.5 Å². The minimum atomic E-state index is -0.0642. The summed E-state index contributed by atoms with van der Waals surface area (Å²) in [6, 6.07) is 0.282. The van der Waals surface area contributed by atoms with E-state index >= 15 is 0 Å². The molecule has 2 aliphatic rings. The SMILES string of the molecule is CCN(CC)C(=O)CN1CCc2c(c(C(=O)NC3CCCC3)nn2C)C1. The quantitative estimate of drug-likeness (QED) is 0.830. The molecule has 7 nitrogen and oxygen atoms in total. The summed E-state index contributed by atoms with van der Waals surface area (Å²) in [7, 11) is 1.90. The molecule has 7 heteroatoms. The molecule has 2 amide bonds. The largest absolute Gasteiger partial charge is 0.348 e. The minimum absolute atomic E-state index is 0.0642. The van der Waals surface area contributed by atoms with E-state index in [0.717, 1.165) is 50.2 Å². The van der Waals surface area contributed by atoms with E-state index in [1.54, 1.807) is 0 Å². The molecule has 1 aliphatic carbocycles. The van der Waals surface area contributed by atoms with Crippen LogP contribution in [0.4, 0.5) is 0 Å². The molecule has 1 N–H and O–H groups in total. The Hall–Kier alpha value is -1.89. The van der Waals surface area contributed by atoms with E-state index in [0.29, 0.717) is 18.8 Å². The number of likely N-dealkylation sites (N-methyl/N-ethyl adjacent to an activating group) is 1. The van der Waals surface area contributed by atoms with E-state index in [4.69, 9.17) is 0 Å². The Morgan fingerprint density at radius 3 is 2.58 bits per heavy atom. The number of hydrogen-bond donors (Lipinski definition) is 1. The highest BCUT2D eigenvalue weighted by molar-refractivity contribution is 5.94. The van der Waals surface area contributed by atoms with Gasteiger partial charge in [-0.1, -0.05) is 12.8 Å². The molecule has 0 atom stereocenters. The number of nitrogens with zero attached hydrogens (tertiary/aromatic N) is 4. The van der Waals surface area contributed by atoms with Crippen molar-refractivity contribution in [1.82, 2.24) is 24.9 Å². The third-order valence-electron chi connectivity index (χ3n) is 5.70. The molecule has 1 aromatic heterocycles. The predicted molar refractivity (Wildman–Crippen MR) is 99.8 cm³/mol. The zero-order valence-electron chi connectivity index (χ0n) is 16.3. The lowest BCUT2D eigenvalue weighted by Crippen LogP contribution is -2.42.